The van der Waals surface area contributed by atoms with Gasteiger partial charge in [0.25, 0.3) is 11.8 Å². The molecule has 2 amide bonds. The van der Waals surface area contributed by atoms with Gasteiger partial charge in [-0.25, -0.2) is 15.4 Å². The molecule has 1 aromatic carbocycles. The van der Waals surface area contributed by atoms with E-state index in [4.69, 9.17) is 15.2 Å². The van der Waals surface area contributed by atoms with Crippen LogP contribution in [0.15, 0.2) is 48.0 Å². The van der Waals surface area contributed by atoms with Crippen LogP contribution >= 0.6 is 11.3 Å². The molecule has 1 saturated carbocycles. The standard InChI is InChI=1S/C27H28N6O3S/c1-17-23(33-15-19(5-8-22(33)28-17)25(35)32-13-11-31(2)12-14-32)21-16-37-26(29-21)27(9-10-27)20-6-3-18(4-7-20)24(34)30-36/h3-8,15-16,36H,9-14H2,1-2H3,(H,30,34). The highest BCUT2D eigenvalue weighted by atomic mass is 32.1. The van der Waals surface area contributed by atoms with Gasteiger partial charge in [-0.15, -0.1) is 11.3 Å². The number of carbonyl (C=O) groups is 2. The Labute approximate surface area is 218 Å². The maximum Gasteiger partial charge on any atom is 0.274 e. The topological polar surface area (TPSA) is 103 Å². The fraction of sp³-hybridized carbons (Fsp3) is 0.333. The molecule has 0 unspecified atom stereocenters. The van der Waals surface area contributed by atoms with Crippen LogP contribution < -0.4 is 5.48 Å². The first-order chi connectivity index (χ1) is 17.9. The molecule has 0 radical (unpaired) electrons. The number of amides is 2. The number of carbonyl (C=O) groups excluding carboxylic acids is 2. The molecule has 0 atom stereocenters. The van der Waals surface area contributed by atoms with E-state index in [2.05, 4.69) is 17.3 Å². The summed E-state index contributed by atoms with van der Waals surface area (Å²) in [6.45, 7) is 5.19. The molecule has 9 nitrogen and oxygen atoms in total. The maximum atomic E-state index is 13.2. The van der Waals surface area contributed by atoms with Crippen molar-refractivity contribution in [1.29, 1.82) is 0 Å². The number of rotatable bonds is 5. The Morgan fingerprint density at radius 3 is 2.38 bits per heavy atom. The average Bonchev–Trinajstić information content (AvgIpc) is 3.46. The van der Waals surface area contributed by atoms with Gasteiger partial charge in [0.15, 0.2) is 0 Å². The minimum atomic E-state index is -0.526. The Bertz CT molecular complexity index is 1500. The first-order valence-electron chi connectivity index (χ1n) is 12.4. The van der Waals surface area contributed by atoms with Crippen molar-refractivity contribution in [1.82, 2.24) is 29.6 Å². The SMILES string of the molecule is Cc1nc2ccc(C(=O)N3CCN(C)CC3)cn2c1-c1csc(C2(c3ccc(C(=O)NO)cc3)CC2)n1. The third-order valence-corrected chi connectivity index (χ3v) is 8.58. The molecule has 190 valence electrons. The van der Waals surface area contributed by atoms with Crippen molar-refractivity contribution in [3.05, 3.63) is 75.4 Å². The van der Waals surface area contributed by atoms with E-state index in [1.807, 2.05) is 46.7 Å². The number of nitrogens with zero attached hydrogens (tertiary/aromatic N) is 5. The number of aromatic nitrogens is 3. The lowest BCUT2D eigenvalue weighted by Crippen LogP contribution is -2.47. The molecule has 4 aromatic rings. The predicted octanol–water partition coefficient (Wildman–Crippen LogP) is 3.35. The number of benzene rings is 1. The fourth-order valence-corrected chi connectivity index (χ4v) is 6.23. The summed E-state index contributed by atoms with van der Waals surface area (Å²) < 4.78 is 1.99. The molecule has 2 aliphatic rings. The lowest BCUT2D eigenvalue weighted by molar-refractivity contribution is 0.0663. The molecule has 1 saturated heterocycles. The Morgan fingerprint density at radius 1 is 1.00 bits per heavy atom. The van der Waals surface area contributed by atoms with Crippen LogP contribution in [0.3, 0.4) is 0 Å². The van der Waals surface area contributed by atoms with Gasteiger partial charge in [-0.05, 0) is 56.6 Å². The average molecular weight is 517 g/mol. The van der Waals surface area contributed by atoms with Crippen LogP contribution in [0.2, 0.25) is 0 Å². The summed E-state index contributed by atoms with van der Waals surface area (Å²) in [5, 5.41) is 12.0. The second-order valence-corrected chi connectivity index (χ2v) is 10.8. The van der Waals surface area contributed by atoms with E-state index < -0.39 is 5.91 Å². The zero-order valence-corrected chi connectivity index (χ0v) is 21.6. The van der Waals surface area contributed by atoms with E-state index in [0.717, 1.165) is 72.3 Å². The number of piperazine rings is 1. The first-order valence-corrected chi connectivity index (χ1v) is 13.3. The number of thiazole rings is 1. The number of hydrogen-bond donors (Lipinski definition) is 2. The second kappa shape index (κ2) is 9.05. The van der Waals surface area contributed by atoms with Crippen LogP contribution in [0.25, 0.3) is 17.0 Å². The molecular weight excluding hydrogens is 488 g/mol. The number of pyridine rings is 1. The molecule has 4 heterocycles. The molecule has 1 aliphatic carbocycles. The quantitative estimate of drug-likeness (QED) is 0.312. The molecule has 10 heteroatoms. The minimum Gasteiger partial charge on any atom is -0.336 e. The van der Waals surface area contributed by atoms with Crippen molar-refractivity contribution >= 4 is 28.8 Å². The van der Waals surface area contributed by atoms with Gasteiger partial charge in [0.1, 0.15) is 16.3 Å². The monoisotopic (exact) mass is 516 g/mol. The number of fused-ring (bicyclic) bond motifs is 1. The molecule has 2 N–H and O–H groups in total. The number of imidazole rings is 1. The zero-order chi connectivity index (χ0) is 25.7. The van der Waals surface area contributed by atoms with Crippen molar-refractivity contribution < 1.29 is 14.8 Å². The zero-order valence-electron chi connectivity index (χ0n) is 20.8. The van der Waals surface area contributed by atoms with E-state index in [0.29, 0.717) is 11.1 Å². The third kappa shape index (κ3) is 4.11. The Hall–Kier alpha value is -3.60. The number of nitrogens with one attached hydrogen (secondary N) is 1. The number of aryl methyl sites for hydroxylation is 1. The van der Waals surface area contributed by atoms with Gasteiger partial charge in [0.2, 0.25) is 0 Å². The summed E-state index contributed by atoms with van der Waals surface area (Å²) in [5.74, 6) is -0.483. The maximum absolute atomic E-state index is 13.2. The van der Waals surface area contributed by atoms with Crippen LogP contribution in [0, 0.1) is 6.92 Å². The molecular formula is C27H28N6O3S. The van der Waals surface area contributed by atoms with Crippen molar-refractivity contribution in [2.45, 2.75) is 25.2 Å². The Balaban J connectivity index is 1.32. The predicted molar refractivity (Wildman–Crippen MR) is 140 cm³/mol. The van der Waals surface area contributed by atoms with E-state index in [9.17, 15) is 9.59 Å². The highest BCUT2D eigenvalue weighted by molar-refractivity contribution is 7.10. The van der Waals surface area contributed by atoms with Gasteiger partial charge < -0.3 is 9.80 Å². The van der Waals surface area contributed by atoms with Gasteiger partial charge in [-0.2, -0.15) is 0 Å². The highest BCUT2D eigenvalue weighted by Crippen LogP contribution is 2.54. The van der Waals surface area contributed by atoms with Gasteiger partial charge in [0.05, 0.1) is 17.0 Å². The summed E-state index contributed by atoms with van der Waals surface area (Å²) in [6, 6.07) is 11.1. The lowest BCUT2D eigenvalue weighted by atomic mass is 9.95. The van der Waals surface area contributed by atoms with Gasteiger partial charge >= 0.3 is 0 Å². The molecule has 37 heavy (non-hydrogen) atoms. The van der Waals surface area contributed by atoms with Crippen molar-refractivity contribution in [2.24, 2.45) is 0 Å². The van der Waals surface area contributed by atoms with E-state index in [1.54, 1.807) is 28.9 Å². The summed E-state index contributed by atoms with van der Waals surface area (Å²) in [5.41, 5.74) is 7.08. The van der Waals surface area contributed by atoms with Crippen LogP contribution in [0.5, 0.6) is 0 Å². The summed E-state index contributed by atoms with van der Waals surface area (Å²) >= 11 is 1.63. The van der Waals surface area contributed by atoms with Gasteiger partial charge in [0, 0.05) is 48.7 Å². The number of hydrogen-bond acceptors (Lipinski definition) is 7. The highest BCUT2D eigenvalue weighted by Gasteiger charge is 2.48. The van der Waals surface area contributed by atoms with Crippen LogP contribution in [-0.2, 0) is 5.41 Å². The van der Waals surface area contributed by atoms with E-state index >= 15 is 0 Å². The molecule has 0 spiro atoms. The Morgan fingerprint density at radius 2 is 1.70 bits per heavy atom. The van der Waals surface area contributed by atoms with Crippen LogP contribution in [0.4, 0.5) is 0 Å². The van der Waals surface area contributed by atoms with Crippen molar-refractivity contribution in [3.8, 4) is 11.4 Å². The van der Waals surface area contributed by atoms with E-state index in [1.165, 1.54) is 0 Å². The lowest BCUT2D eigenvalue weighted by Gasteiger charge is -2.32. The van der Waals surface area contributed by atoms with Gasteiger partial charge in [-0.3, -0.25) is 19.2 Å². The van der Waals surface area contributed by atoms with Crippen LogP contribution in [-0.4, -0.2) is 74.4 Å². The molecule has 3 aromatic heterocycles. The fourth-order valence-electron chi connectivity index (χ4n) is 5.15. The third-order valence-electron chi connectivity index (χ3n) is 7.54. The molecule has 6 rings (SSSR count). The summed E-state index contributed by atoms with van der Waals surface area (Å²) in [7, 11) is 2.08. The normalized spacial score (nSPS) is 17.2. The molecule has 2 fully saturated rings. The smallest absolute Gasteiger partial charge is 0.274 e. The van der Waals surface area contributed by atoms with Gasteiger partial charge in [-0.1, -0.05) is 12.1 Å². The molecule has 0 bridgehead atoms. The Kier molecular flexibility index (Phi) is 5.82. The summed E-state index contributed by atoms with van der Waals surface area (Å²) in [6.07, 6.45) is 3.87. The minimum absolute atomic E-state index is 0.0431. The number of hydroxylamine groups is 1. The summed E-state index contributed by atoms with van der Waals surface area (Å²) in [4.78, 5) is 38.8. The second-order valence-electron chi connectivity index (χ2n) is 9.93. The van der Waals surface area contributed by atoms with Crippen molar-refractivity contribution in [2.75, 3.05) is 33.2 Å². The first kappa shape index (κ1) is 23.8. The number of likely N-dealkylation sites (N-methyl/N-ethyl adjacent to an activating group) is 1. The largest absolute Gasteiger partial charge is 0.336 e. The van der Waals surface area contributed by atoms with Crippen LogP contribution in [0.1, 0.15) is 49.8 Å². The molecule has 1 aliphatic heterocycles. The van der Waals surface area contributed by atoms with E-state index in [-0.39, 0.29) is 11.3 Å². The van der Waals surface area contributed by atoms with Crippen molar-refractivity contribution in [3.63, 3.8) is 0 Å².